The minimum absolute atomic E-state index is 0.0991. The van der Waals surface area contributed by atoms with Gasteiger partial charge in [-0.2, -0.15) is 0 Å². The van der Waals surface area contributed by atoms with E-state index in [-0.39, 0.29) is 10.9 Å². The van der Waals surface area contributed by atoms with Gasteiger partial charge in [-0.3, -0.25) is 0 Å². The number of nitrogens with one attached hydrogen (secondary N) is 3. The van der Waals surface area contributed by atoms with Crippen molar-refractivity contribution in [1.29, 1.82) is 0 Å². The number of hydrogen-bond acceptors (Lipinski definition) is 2. The summed E-state index contributed by atoms with van der Waals surface area (Å²) in [5, 5.41) is 8.04. The van der Waals surface area contributed by atoms with Crippen molar-refractivity contribution < 1.29 is 9.18 Å². The Morgan fingerprint density at radius 3 is 2.23 bits per heavy atom. The highest BCUT2D eigenvalue weighted by molar-refractivity contribution is 7.80. The van der Waals surface area contributed by atoms with Gasteiger partial charge in [-0.25, -0.2) is 9.18 Å². The predicted molar refractivity (Wildman–Crippen MR) is 92.1 cm³/mol. The van der Waals surface area contributed by atoms with E-state index in [1.54, 1.807) is 14.1 Å². The first-order valence-electron chi connectivity index (χ1n) is 5.97. The third-order valence-electron chi connectivity index (χ3n) is 2.38. The number of carbonyl (C=O) groups excluding carboxylic acids is 1. The van der Waals surface area contributed by atoms with E-state index in [2.05, 4.69) is 16.0 Å². The standard InChI is InChI=1S/C12H14Cl3FN4OS/c1-20(2)11(21)19-9(12(13,14)15)18-10(22)17-8-5-3-7(16)4-6-8/h3-6,9H,1-2H3,(H,19,21)(H2,17,18,22). The van der Waals surface area contributed by atoms with Gasteiger partial charge in [-0.15, -0.1) is 0 Å². The summed E-state index contributed by atoms with van der Waals surface area (Å²) in [4.78, 5) is 13.0. The molecule has 1 rings (SSSR count). The number of benzene rings is 1. The van der Waals surface area contributed by atoms with Crippen LogP contribution in [0.15, 0.2) is 24.3 Å². The molecule has 0 saturated carbocycles. The molecular weight excluding hydrogens is 374 g/mol. The van der Waals surface area contributed by atoms with Crippen molar-refractivity contribution in [3.63, 3.8) is 0 Å². The summed E-state index contributed by atoms with van der Waals surface area (Å²) in [7, 11) is 3.08. The molecule has 1 aromatic carbocycles. The largest absolute Gasteiger partial charge is 0.339 e. The average Bonchev–Trinajstić information content (AvgIpc) is 2.39. The summed E-state index contributed by atoms with van der Waals surface area (Å²) in [5.41, 5.74) is 0.543. The third-order valence-corrected chi connectivity index (χ3v) is 3.25. The summed E-state index contributed by atoms with van der Waals surface area (Å²) in [6.45, 7) is 0. The van der Waals surface area contributed by atoms with Crippen LogP contribution >= 0.6 is 47.0 Å². The van der Waals surface area contributed by atoms with Crippen LogP contribution in [0.25, 0.3) is 0 Å². The Balaban J connectivity index is 2.70. The molecule has 0 fully saturated rings. The molecule has 0 aliphatic heterocycles. The molecule has 0 heterocycles. The molecule has 1 unspecified atom stereocenters. The van der Waals surface area contributed by atoms with Crippen molar-refractivity contribution in [1.82, 2.24) is 15.5 Å². The Morgan fingerprint density at radius 1 is 1.23 bits per heavy atom. The molecule has 1 aromatic rings. The Hall–Kier alpha value is -1.02. The Bertz CT molecular complexity index is 536. The highest BCUT2D eigenvalue weighted by Crippen LogP contribution is 2.29. The number of halogens is 4. The maximum atomic E-state index is 12.8. The van der Waals surface area contributed by atoms with Crippen LogP contribution in [0.4, 0.5) is 14.9 Å². The summed E-state index contributed by atoms with van der Waals surface area (Å²) in [5.74, 6) is -0.373. The van der Waals surface area contributed by atoms with E-state index in [4.69, 9.17) is 47.0 Å². The first-order chi connectivity index (χ1) is 10.1. The SMILES string of the molecule is CN(C)C(=O)NC(NC(=S)Nc1ccc(F)cc1)C(Cl)(Cl)Cl. The number of thiocarbonyl (C=S) groups is 1. The summed E-state index contributed by atoms with van der Waals surface area (Å²) >= 11 is 22.5. The molecule has 5 nitrogen and oxygen atoms in total. The van der Waals surface area contributed by atoms with Crippen LogP contribution in [0.5, 0.6) is 0 Å². The Labute approximate surface area is 148 Å². The van der Waals surface area contributed by atoms with E-state index in [0.29, 0.717) is 5.69 Å². The van der Waals surface area contributed by atoms with E-state index in [0.717, 1.165) is 0 Å². The minimum Gasteiger partial charge on any atom is -0.339 e. The smallest absolute Gasteiger partial charge is 0.318 e. The van der Waals surface area contributed by atoms with Crippen molar-refractivity contribution in [2.45, 2.75) is 9.96 Å². The number of hydrogen-bond donors (Lipinski definition) is 3. The van der Waals surface area contributed by atoms with Crippen LogP contribution in [0.2, 0.25) is 0 Å². The molecule has 10 heteroatoms. The molecule has 122 valence electrons. The van der Waals surface area contributed by atoms with E-state index in [1.807, 2.05) is 0 Å². The second kappa shape index (κ2) is 8.01. The Kier molecular flexibility index (Phi) is 6.93. The van der Waals surface area contributed by atoms with E-state index in [9.17, 15) is 9.18 Å². The maximum absolute atomic E-state index is 12.8. The van der Waals surface area contributed by atoms with Gasteiger partial charge >= 0.3 is 6.03 Å². The molecule has 0 spiro atoms. The van der Waals surface area contributed by atoms with Gasteiger partial charge in [0.1, 0.15) is 5.82 Å². The topological polar surface area (TPSA) is 56.4 Å². The van der Waals surface area contributed by atoms with Crippen LogP contribution < -0.4 is 16.0 Å². The molecule has 0 saturated heterocycles. The lowest BCUT2D eigenvalue weighted by Crippen LogP contribution is -2.57. The minimum atomic E-state index is -1.83. The van der Waals surface area contributed by atoms with Gasteiger partial charge in [0, 0.05) is 19.8 Å². The van der Waals surface area contributed by atoms with Crippen LogP contribution in [0, 0.1) is 5.82 Å². The molecule has 0 aromatic heterocycles. The second-order valence-corrected chi connectivity index (χ2v) is 7.20. The maximum Gasteiger partial charge on any atom is 0.318 e. The molecule has 1 atom stereocenters. The number of carbonyl (C=O) groups is 1. The highest BCUT2D eigenvalue weighted by atomic mass is 35.6. The number of nitrogens with zero attached hydrogens (tertiary/aromatic N) is 1. The summed E-state index contributed by atoms with van der Waals surface area (Å²) < 4.78 is 11.0. The predicted octanol–water partition coefficient (Wildman–Crippen LogP) is 3.08. The molecule has 0 radical (unpaired) electrons. The van der Waals surface area contributed by atoms with Gasteiger partial charge in [0.05, 0.1) is 0 Å². The van der Waals surface area contributed by atoms with E-state index in [1.165, 1.54) is 29.2 Å². The van der Waals surface area contributed by atoms with Gasteiger partial charge < -0.3 is 20.9 Å². The molecule has 2 amide bonds. The zero-order chi connectivity index (χ0) is 16.9. The van der Waals surface area contributed by atoms with E-state index < -0.39 is 16.0 Å². The monoisotopic (exact) mass is 386 g/mol. The molecule has 3 N–H and O–H groups in total. The molecular formula is C12H14Cl3FN4OS. The third kappa shape index (κ3) is 6.39. The second-order valence-electron chi connectivity index (χ2n) is 4.42. The Morgan fingerprint density at radius 2 is 1.77 bits per heavy atom. The molecule has 0 aliphatic carbocycles. The molecule has 0 aliphatic rings. The van der Waals surface area contributed by atoms with Gasteiger partial charge in [0.2, 0.25) is 3.79 Å². The molecule has 22 heavy (non-hydrogen) atoms. The number of alkyl halides is 3. The van der Waals surface area contributed by atoms with Gasteiger partial charge in [-0.05, 0) is 36.5 Å². The zero-order valence-corrected chi connectivity index (χ0v) is 14.7. The van der Waals surface area contributed by atoms with Crippen LogP contribution in [-0.2, 0) is 0 Å². The lowest BCUT2D eigenvalue weighted by atomic mass is 10.3. The summed E-state index contributed by atoms with van der Waals surface area (Å²) in [6, 6.07) is 5.06. The number of anilines is 1. The normalized spacial score (nSPS) is 12.3. The van der Waals surface area contributed by atoms with Gasteiger partial charge in [0.25, 0.3) is 0 Å². The fourth-order valence-electron chi connectivity index (χ4n) is 1.28. The average molecular weight is 388 g/mol. The van der Waals surface area contributed by atoms with Crippen molar-refractivity contribution in [2.24, 2.45) is 0 Å². The first kappa shape index (κ1) is 19.0. The van der Waals surface area contributed by atoms with Crippen molar-refractivity contribution in [3.05, 3.63) is 30.1 Å². The lowest BCUT2D eigenvalue weighted by molar-refractivity contribution is 0.212. The van der Waals surface area contributed by atoms with Crippen LogP contribution in [0.3, 0.4) is 0 Å². The summed E-state index contributed by atoms with van der Waals surface area (Å²) in [6.07, 6.45) is -1.06. The van der Waals surface area contributed by atoms with Crippen molar-refractivity contribution >= 4 is 63.9 Å². The van der Waals surface area contributed by atoms with Crippen LogP contribution in [-0.4, -0.2) is 40.1 Å². The number of amides is 2. The molecule has 0 bridgehead atoms. The first-order valence-corrected chi connectivity index (χ1v) is 7.51. The fraction of sp³-hybridized carbons (Fsp3) is 0.333. The fourth-order valence-corrected chi connectivity index (χ4v) is 1.85. The van der Waals surface area contributed by atoms with Gasteiger partial charge in [0.15, 0.2) is 11.3 Å². The highest BCUT2D eigenvalue weighted by Gasteiger charge is 2.35. The zero-order valence-electron chi connectivity index (χ0n) is 11.7. The lowest BCUT2D eigenvalue weighted by Gasteiger charge is -2.28. The number of rotatable bonds is 3. The van der Waals surface area contributed by atoms with Crippen molar-refractivity contribution in [2.75, 3.05) is 19.4 Å². The number of urea groups is 1. The van der Waals surface area contributed by atoms with Crippen molar-refractivity contribution in [3.8, 4) is 0 Å². The van der Waals surface area contributed by atoms with E-state index >= 15 is 0 Å². The van der Waals surface area contributed by atoms with Crippen LogP contribution in [0.1, 0.15) is 0 Å². The quantitative estimate of drug-likeness (QED) is 0.424. The van der Waals surface area contributed by atoms with Gasteiger partial charge in [-0.1, -0.05) is 34.8 Å².